The van der Waals surface area contributed by atoms with E-state index in [1.807, 2.05) is 0 Å². The summed E-state index contributed by atoms with van der Waals surface area (Å²) < 4.78 is 5.47. The van der Waals surface area contributed by atoms with Crippen molar-refractivity contribution in [3.05, 3.63) is 5.28 Å². The van der Waals surface area contributed by atoms with Gasteiger partial charge in [0.2, 0.25) is 5.28 Å². The minimum Gasteiger partial charge on any atom is -0.394 e. The van der Waals surface area contributed by atoms with E-state index in [2.05, 4.69) is 34.0 Å². The van der Waals surface area contributed by atoms with Gasteiger partial charge in [0, 0.05) is 30.4 Å². The molecule has 8 heteroatoms. The van der Waals surface area contributed by atoms with Gasteiger partial charge in [-0.15, -0.1) is 11.8 Å². The second-order valence-corrected chi connectivity index (χ2v) is 8.96. The van der Waals surface area contributed by atoms with E-state index in [1.54, 1.807) is 11.8 Å². The first-order chi connectivity index (χ1) is 12.6. The highest BCUT2D eigenvalue weighted by Gasteiger charge is 2.27. The van der Waals surface area contributed by atoms with Gasteiger partial charge in [-0.25, -0.2) is 4.98 Å². The Morgan fingerprint density at radius 2 is 1.96 bits per heavy atom. The van der Waals surface area contributed by atoms with Crippen molar-refractivity contribution in [2.45, 2.75) is 68.3 Å². The summed E-state index contributed by atoms with van der Waals surface area (Å²) in [5, 5.41) is 5.01. The number of nitrogens with zero attached hydrogens (tertiary/aromatic N) is 3. The molecule has 0 amide bonds. The number of nitrogens with two attached hydrogens (primary N) is 1. The molecule has 1 aromatic heterocycles. The number of anilines is 2. The van der Waals surface area contributed by atoms with Gasteiger partial charge in [-0.3, -0.25) is 4.90 Å². The molecule has 1 aliphatic heterocycles. The summed E-state index contributed by atoms with van der Waals surface area (Å²) in [5.74, 6) is 0.686. The molecular weight excluding hydrogens is 370 g/mol. The molecule has 1 unspecified atom stereocenters. The molecule has 1 aromatic rings. The van der Waals surface area contributed by atoms with Crippen LogP contribution in [0.25, 0.3) is 0 Å². The Labute approximate surface area is 165 Å². The maximum absolute atomic E-state index is 6.33. The predicted molar refractivity (Wildman–Crippen MR) is 109 cm³/mol. The van der Waals surface area contributed by atoms with Crippen LogP contribution in [0.3, 0.4) is 0 Å². The Hall–Kier alpha value is -0.760. The standard InChI is InChI=1S/C18H30ClN5OS/c1-3-12(2)26-17-15(20)16(22-18(19)23-17)21-13-4-6-14(7-5-13)24-8-10-25-11-9-24/h12-14H,3-11,20H2,1-2H3,(H,21,22,23). The van der Waals surface area contributed by atoms with Gasteiger partial charge in [0.1, 0.15) is 10.7 Å². The topological polar surface area (TPSA) is 76.3 Å². The Morgan fingerprint density at radius 3 is 2.62 bits per heavy atom. The molecule has 0 radical (unpaired) electrons. The average Bonchev–Trinajstić information content (AvgIpc) is 2.66. The summed E-state index contributed by atoms with van der Waals surface area (Å²) in [6, 6.07) is 1.07. The summed E-state index contributed by atoms with van der Waals surface area (Å²) in [6.45, 7) is 8.18. The van der Waals surface area contributed by atoms with Gasteiger partial charge in [-0.05, 0) is 43.7 Å². The van der Waals surface area contributed by atoms with Crippen LogP contribution in [-0.4, -0.2) is 58.5 Å². The summed E-state index contributed by atoms with van der Waals surface area (Å²) in [6.07, 6.45) is 5.70. The van der Waals surface area contributed by atoms with E-state index in [-0.39, 0.29) is 5.28 Å². The van der Waals surface area contributed by atoms with Crippen LogP contribution in [0.15, 0.2) is 5.03 Å². The van der Waals surface area contributed by atoms with Crippen molar-refractivity contribution >= 4 is 34.9 Å². The number of morpholine rings is 1. The normalized spacial score (nSPS) is 25.8. The highest BCUT2D eigenvalue weighted by atomic mass is 35.5. The van der Waals surface area contributed by atoms with Crippen LogP contribution < -0.4 is 11.1 Å². The summed E-state index contributed by atoms with van der Waals surface area (Å²) in [4.78, 5) is 11.2. The maximum Gasteiger partial charge on any atom is 0.225 e. The first kappa shape index (κ1) is 20.0. The minimum atomic E-state index is 0.259. The van der Waals surface area contributed by atoms with Crippen molar-refractivity contribution in [2.75, 3.05) is 37.4 Å². The van der Waals surface area contributed by atoms with Crippen LogP contribution >= 0.6 is 23.4 Å². The molecule has 0 aromatic carbocycles. The van der Waals surface area contributed by atoms with E-state index in [1.165, 1.54) is 12.8 Å². The number of thioether (sulfide) groups is 1. The SMILES string of the molecule is CCC(C)Sc1nc(Cl)nc(NC2CCC(N3CCOCC3)CC2)c1N. The zero-order chi connectivity index (χ0) is 18.5. The molecule has 3 N–H and O–H groups in total. The molecule has 1 saturated heterocycles. The number of nitrogen functional groups attached to an aromatic ring is 1. The van der Waals surface area contributed by atoms with Gasteiger partial charge in [-0.1, -0.05) is 13.8 Å². The number of halogens is 1. The van der Waals surface area contributed by atoms with Crippen LogP contribution in [0, 0.1) is 0 Å². The number of hydrogen-bond donors (Lipinski definition) is 2. The van der Waals surface area contributed by atoms with E-state index in [4.69, 9.17) is 22.1 Å². The Kier molecular flexibility index (Phi) is 7.26. The third-order valence-electron chi connectivity index (χ3n) is 5.37. The number of rotatable bonds is 6. The van der Waals surface area contributed by atoms with Gasteiger partial charge in [0.05, 0.1) is 13.2 Å². The summed E-state index contributed by atoms with van der Waals surface area (Å²) >= 11 is 7.80. The van der Waals surface area contributed by atoms with Crippen LogP contribution in [-0.2, 0) is 4.74 Å². The van der Waals surface area contributed by atoms with Crippen LogP contribution in [0.5, 0.6) is 0 Å². The number of nitrogens with one attached hydrogen (secondary N) is 1. The lowest BCUT2D eigenvalue weighted by Crippen LogP contribution is -2.46. The molecule has 2 fully saturated rings. The molecule has 1 aliphatic carbocycles. The Bertz CT molecular complexity index is 591. The molecule has 1 saturated carbocycles. The fourth-order valence-corrected chi connectivity index (χ4v) is 4.75. The molecule has 26 heavy (non-hydrogen) atoms. The monoisotopic (exact) mass is 399 g/mol. The molecule has 2 heterocycles. The van der Waals surface area contributed by atoms with Crippen LogP contribution in [0.1, 0.15) is 46.0 Å². The van der Waals surface area contributed by atoms with Crippen molar-refractivity contribution in [3.63, 3.8) is 0 Å². The van der Waals surface area contributed by atoms with Gasteiger partial charge in [0.25, 0.3) is 0 Å². The van der Waals surface area contributed by atoms with Gasteiger partial charge >= 0.3 is 0 Å². The zero-order valence-electron chi connectivity index (χ0n) is 15.7. The summed E-state index contributed by atoms with van der Waals surface area (Å²) in [7, 11) is 0. The molecule has 2 aliphatic rings. The first-order valence-electron chi connectivity index (χ1n) is 9.64. The zero-order valence-corrected chi connectivity index (χ0v) is 17.3. The molecule has 0 spiro atoms. The largest absolute Gasteiger partial charge is 0.394 e. The van der Waals surface area contributed by atoms with E-state index in [0.29, 0.717) is 28.8 Å². The summed E-state index contributed by atoms with van der Waals surface area (Å²) in [5.41, 5.74) is 6.95. The van der Waals surface area contributed by atoms with Crippen LogP contribution in [0.4, 0.5) is 11.5 Å². The highest BCUT2D eigenvalue weighted by Crippen LogP contribution is 2.34. The number of ether oxygens (including phenoxy) is 1. The molecule has 1 atom stereocenters. The minimum absolute atomic E-state index is 0.259. The molecule has 146 valence electrons. The van der Waals surface area contributed by atoms with Gasteiger partial charge in [0.15, 0.2) is 5.82 Å². The third-order valence-corrected chi connectivity index (χ3v) is 6.81. The molecule has 6 nitrogen and oxygen atoms in total. The Balaban J connectivity index is 1.59. The Morgan fingerprint density at radius 1 is 1.27 bits per heavy atom. The van der Waals surface area contributed by atoms with E-state index < -0.39 is 0 Å². The highest BCUT2D eigenvalue weighted by molar-refractivity contribution is 8.00. The van der Waals surface area contributed by atoms with E-state index >= 15 is 0 Å². The third kappa shape index (κ3) is 5.15. The van der Waals surface area contributed by atoms with E-state index in [9.17, 15) is 0 Å². The smallest absolute Gasteiger partial charge is 0.225 e. The molecule has 0 bridgehead atoms. The molecule has 3 rings (SSSR count). The van der Waals surface area contributed by atoms with Crippen molar-refractivity contribution in [2.24, 2.45) is 0 Å². The van der Waals surface area contributed by atoms with E-state index in [0.717, 1.165) is 50.6 Å². The quantitative estimate of drug-likeness (QED) is 0.429. The maximum atomic E-state index is 6.33. The van der Waals surface area contributed by atoms with Crippen molar-refractivity contribution < 1.29 is 4.74 Å². The van der Waals surface area contributed by atoms with Crippen molar-refractivity contribution in [1.82, 2.24) is 14.9 Å². The van der Waals surface area contributed by atoms with Crippen molar-refractivity contribution in [3.8, 4) is 0 Å². The predicted octanol–water partition coefficient (Wildman–Crippen LogP) is 3.66. The second-order valence-electron chi connectivity index (χ2n) is 7.19. The first-order valence-corrected chi connectivity index (χ1v) is 10.9. The lowest BCUT2D eigenvalue weighted by molar-refractivity contribution is 0.00791. The number of hydrogen-bond acceptors (Lipinski definition) is 7. The lowest BCUT2D eigenvalue weighted by atomic mass is 9.90. The average molecular weight is 400 g/mol. The van der Waals surface area contributed by atoms with Crippen LogP contribution in [0.2, 0.25) is 5.28 Å². The van der Waals surface area contributed by atoms with Gasteiger partial charge < -0.3 is 15.8 Å². The molecular formula is C18H30ClN5OS. The lowest BCUT2D eigenvalue weighted by Gasteiger charge is -2.39. The van der Waals surface area contributed by atoms with Crippen molar-refractivity contribution in [1.29, 1.82) is 0 Å². The fourth-order valence-electron chi connectivity index (χ4n) is 3.62. The van der Waals surface area contributed by atoms with Gasteiger partial charge in [-0.2, -0.15) is 4.98 Å². The second kappa shape index (κ2) is 9.44. The number of aromatic nitrogens is 2. The fraction of sp³-hybridized carbons (Fsp3) is 0.778.